The van der Waals surface area contributed by atoms with Crippen molar-refractivity contribution in [2.45, 2.75) is 13.0 Å². The maximum Gasteiger partial charge on any atom is 0.244 e. The van der Waals surface area contributed by atoms with Crippen molar-refractivity contribution in [1.82, 2.24) is 5.43 Å². The van der Waals surface area contributed by atoms with Crippen molar-refractivity contribution in [2.75, 3.05) is 13.9 Å². The lowest BCUT2D eigenvalue weighted by molar-refractivity contribution is -0.120. The van der Waals surface area contributed by atoms with Gasteiger partial charge in [-0.05, 0) is 69.0 Å². The van der Waals surface area contributed by atoms with Crippen LogP contribution in [0.1, 0.15) is 16.7 Å². The molecule has 3 aromatic rings. The van der Waals surface area contributed by atoms with E-state index in [4.69, 9.17) is 30.5 Å². The van der Waals surface area contributed by atoms with Gasteiger partial charge in [0.05, 0.1) is 24.2 Å². The van der Waals surface area contributed by atoms with Crippen LogP contribution in [-0.4, -0.2) is 26.0 Å². The number of carbonyl (C=O) groups is 1. The Kier molecular flexibility index (Phi) is 7.36. The van der Waals surface area contributed by atoms with Crippen molar-refractivity contribution in [3.8, 4) is 23.0 Å². The van der Waals surface area contributed by atoms with E-state index in [0.29, 0.717) is 39.1 Å². The number of hydrogen-bond donors (Lipinski definition) is 1. The van der Waals surface area contributed by atoms with Gasteiger partial charge >= 0.3 is 0 Å². The SMILES string of the molecule is COc1cc(/C=N\NC(=O)Cc2ccc3c(c2)OCO3)cc(Br)c1OCc1ccc(Cl)cc1. The Bertz CT molecular complexity index is 1180. The number of carbonyl (C=O) groups excluding carboxylic acids is 1. The topological polar surface area (TPSA) is 78.4 Å². The lowest BCUT2D eigenvalue weighted by Gasteiger charge is -2.13. The molecular formula is C24H20BrClN2O5. The molecule has 9 heteroatoms. The molecule has 0 spiro atoms. The molecule has 0 aromatic heterocycles. The van der Waals surface area contributed by atoms with E-state index in [9.17, 15) is 4.79 Å². The number of methoxy groups -OCH3 is 1. The Morgan fingerprint density at radius 3 is 2.67 bits per heavy atom. The molecule has 0 radical (unpaired) electrons. The van der Waals surface area contributed by atoms with Crippen molar-refractivity contribution in [3.63, 3.8) is 0 Å². The standard InChI is InChI=1S/C24H20BrClN2O5/c1-30-22-10-17(8-19(25)24(22)31-13-15-2-5-18(26)6-3-15)12-27-28-23(29)11-16-4-7-20-21(9-16)33-14-32-20/h2-10,12H,11,13-14H2,1H3,(H,28,29)/b27-12-. The quantitative estimate of drug-likeness (QED) is 0.323. The van der Waals surface area contributed by atoms with Gasteiger partial charge in [0.25, 0.3) is 0 Å². The highest BCUT2D eigenvalue weighted by atomic mass is 79.9. The van der Waals surface area contributed by atoms with Crippen LogP contribution >= 0.6 is 27.5 Å². The number of benzene rings is 3. The lowest BCUT2D eigenvalue weighted by Crippen LogP contribution is -2.19. The first-order valence-electron chi connectivity index (χ1n) is 9.97. The van der Waals surface area contributed by atoms with Crippen LogP contribution in [0, 0.1) is 0 Å². The van der Waals surface area contributed by atoms with Gasteiger partial charge in [0, 0.05) is 5.02 Å². The third-order valence-corrected chi connectivity index (χ3v) is 5.59. The molecule has 0 fully saturated rings. The Hall–Kier alpha value is -3.23. The molecule has 0 bridgehead atoms. The Morgan fingerprint density at radius 2 is 1.88 bits per heavy atom. The van der Waals surface area contributed by atoms with E-state index >= 15 is 0 Å². The summed E-state index contributed by atoms with van der Waals surface area (Å²) in [5, 5.41) is 4.72. The number of halogens is 2. The van der Waals surface area contributed by atoms with Gasteiger partial charge in [-0.15, -0.1) is 0 Å². The van der Waals surface area contributed by atoms with E-state index in [1.54, 1.807) is 25.3 Å². The van der Waals surface area contributed by atoms with E-state index in [0.717, 1.165) is 16.7 Å². The molecule has 0 atom stereocenters. The van der Waals surface area contributed by atoms with Crippen LogP contribution in [0.5, 0.6) is 23.0 Å². The molecule has 7 nitrogen and oxygen atoms in total. The molecule has 170 valence electrons. The van der Waals surface area contributed by atoms with Gasteiger partial charge in [0.15, 0.2) is 23.0 Å². The maximum absolute atomic E-state index is 12.2. The van der Waals surface area contributed by atoms with E-state index in [1.165, 1.54) is 6.21 Å². The number of hydrogen-bond acceptors (Lipinski definition) is 6. The fourth-order valence-electron chi connectivity index (χ4n) is 3.15. The molecule has 1 aliphatic rings. The van der Waals surface area contributed by atoms with Crippen molar-refractivity contribution in [2.24, 2.45) is 5.10 Å². The summed E-state index contributed by atoms with van der Waals surface area (Å²) in [5.41, 5.74) is 5.03. The van der Waals surface area contributed by atoms with Gasteiger partial charge in [0.1, 0.15) is 6.61 Å². The third kappa shape index (κ3) is 5.97. The highest BCUT2D eigenvalue weighted by Gasteiger charge is 2.15. The van der Waals surface area contributed by atoms with E-state index in [2.05, 4.69) is 26.5 Å². The number of amides is 1. The first-order valence-corrected chi connectivity index (χ1v) is 11.1. The Balaban J connectivity index is 1.36. The summed E-state index contributed by atoms with van der Waals surface area (Å²) in [6.45, 7) is 0.550. The molecule has 4 rings (SSSR count). The molecule has 0 saturated carbocycles. The average molecular weight is 532 g/mol. The molecule has 1 N–H and O–H groups in total. The molecule has 0 unspecified atom stereocenters. The highest BCUT2D eigenvalue weighted by Crippen LogP contribution is 2.37. The number of ether oxygens (including phenoxy) is 4. The fourth-order valence-corrected chi connectivity index (χ4v) is 3.85. The smallest absolute Gasteiger partial charge is 0.244 e. The van der Waals surface area contributed by atoms with Crippen molar-refractivity contribution >= 4 is 39.7 Å². The van der Waals surface area contributed by atoms with Crippen LogP contribution in [0.25, 0.3) is 0 Å². The van der Waals surface area contributed by atoms with Gasteiger partial charge in [-0.1, -0.05) is 29.8 Å². The van der Waals surface area contributed by atoms with E-state index < -0.39 is 0 Å². The van der Waals surface area contributed by atoms with Gasteiger partial charge < -0.3 is 18.9 Å². The zero-order valence-corrected chi connectivity index (χ0v) is 20.0. The second kappa shape index (κ2) is 10.6. The summed E-state index contributed by atoms with van der Waals surface area (Å²) in [6.07, 6.45) is 1.70. The summed E-state index contributed by atoms with van der Waals surface area (Å²) in [7, 11) is 1.56. The minimum atomic E-state index is -0.251. The summed E-state index contributed by atoms with van der Waals surface area (Å²) < 4.78 is 22.7. The monoisotopic (exact) mass is 530 g/mol. The number of nitrogens with one attached hydrogen (secondary N) is 1. The predicted molar refractivity (Wildman–Crippen MR) is 128 cm³/mol. The van der Waals surface area contributed by atoms with Crippen LogP contribution < -0.4 is 24.4 Å². The highest BCUT2D eigenvalue weighted by molar-refractivity contribution is 9.10. The van der Waals surface area contributed by atoms with Crippen LogP contribution in [0.2, 0.25) is 5.02 Å². The average Bonchev–Trinajstić information content (AvgIpc) is 3.27. The lowest BCUT2D eigenvalue weighted by atomic mass is 10.1. The second-order valence-corrected chi connectivity index (χ2v) is 8.40. The fraction of sp³-hybridized carbons (Fsp3) is 0.167. The minimum Gasteiger partial charge on any atom is -0.493 e. The molecule has 1 heterocycles. The number of nitrogens with zero attached hydrogens (tertiary/aromatic N) is 1. The summed E-state index contributed by atoms with van der Waals surface area (Å²) in [4.78, 5) is 12.2. The van der Waals surface area contributed by atoms with Gasteiger partial charge in [-0.2, -0.15) is 5.10 Å². The summed E-state index contributed by atoms with van der Waals surface area (Å²) in [6, 6.07) is 16.4. The number of rotatable bonds is 8. The van der Waals surface area contributed by atoms with E-state index in [1.807, 2.05) is 36.4 Å². The summed E-state index contributed by atoms with van der Waals surface area (Å²) >= 11 is 9.44. The van der Waals surface area contributed by atoms with Crippen LogP contribution in [0.3, 0.4) is 0 Å². The Morgan fingerprint density at radius 1 is 1.12 bits per heavy atom. The zero-order chi connectivity index (χ0) is 23.2. The first kappa shape index (κ1) is 22.9. The van der Waals surface area contributed by atoms with E-state index in [-0.39, 0.29) is 19.1 Å². The molecule has 33 heavy (non-hydrogen) atoms. The molecule has 3 aromatic carbocycles. The van der Waals surface area contributed by atoms with Gasteiger partial charge in [-0.3, -0.25) is 4.79 Å². The molecule has 0 aliphatic carbocycles. The van der Waals surface area contributed by atoms with Gasteiger partial charge in [-0.25, -0.2) is 5.43 Å². The van der Waals surface area contributed by atoms with Crippen molar-refractivity contribution in [1.29, 1.82) is 0 Å². The molecular weight excluding hydrogens is 512 g/mol. The molecule has 1 amide bonds. The normalized spacial score (nSPS) is 12.1. The number of fused-ring (bicyclic) bond motifs is 1. The Labute approximate surface area is 204 Å². The first-order chi connectivity index (χ1) is 16.0. The zero-order valence-electron chi connectivity index (χ0n) is 17.6. The van der Waals surface area contributed by atoms with Crippen LogP contribution in [0.15, 0.2) is 64.2 Å². The minimum absolute atomic E-state index is 0.165. The van der Waals surface area contributed by atoms with Crippen LogP contribution in [0.4, 0.5) is 0 Å². The number of hydrazone groups is 1. The van der Waals surface area contributed by atoms with Crippen molar-refractivity contribution in [3.05, 3.63) is 80.8 Å². The largest absolute Gasteiger partial charge is 0.493 e. The summed E-state index contributed by atoms with van der Waals surface area (Å²) in [5.74, 6) is 2.17. The van der Waals surface area contributed by atoms with Crippen molar-refractivity contribution < 1.29 is 23.7 Å². The van der Waals surface area contributed by atoms with Gasteiger partial charge in [0.2, 0.25) is 12.7 Å². The van der Waals surface area contributed by atoms with Crippen LogP contribution in [-0.2, 0) is 17.8 Å². The molecule has 1 aliphatic heterocycles. The third-order valence-electron chi connectivity index (χ3n) is 4.75. The predicted octanol–water partition coefficient (Wildman–Crippen LogP) is 5.11. The second-order valence-electron chi connectivity index (χ2n) is 7.11. The molecule has 0 saturated heterocycles. The maximum atomic E-state index is 12.2.